The van der Waals surface area contributed by atoms with Gasteiger partial charge in [0, 0.05) is 15.5 Å². The molecule has 0 aliphatic heterocycles. The fourth-order valence-corrected chi connectivity index (χ4v) is 3.67. The van der Waals surface area contributed by atoms with Gasteiger partial charge in [0.25, 0.3) is 5.91 Å². The number of rotatable bonds is 2. The molecular weight excluding hydrogens is 332 g/mol. The summed E-state index contributed by atoms with van der Waals surface area (Å²) in [4.78, 5) is 16.2. The van der Waals surface area contributed by atoms with Gasteiger partial charge in [-0.25, -0.2) is 4.98 Å². The van der Waals surface area contributed by atoms with Crippen molar-refractivity contribution in [2.75, 3.05) is 5.32 Å². The molecule has 2 aromatic heterocycles. The van der Waals surface area contributed by atoms with Gasteiger partial charge in [0.2, 0.25) is 0 Å². The average molecular weight is 339 g/mol. The van der Waals surface area contributed by atoms with Crippen molar-refractivity contribution in [1.29, 1.82) is 0 Å². The van der Waals surface area contributed by atoms with E-state index in [1.807, 2.05) is 29.6 Å². The smallest absolute Gasteiger partial charge is 0.258 e. The van der Waals surface area contributed by atoms with Crippen LogP contribution >= 0.6 is 38.6 Å². The van der Waals surface area contributed by atoms with Crippen LogP contribution in [0.1, 0.15) is 10.4 Å². The molecule has 0 saturated carbocycles. The highest BCUT2D eigenvalue weighted by molar-refractivity contribution is 9.11. The van der Waals surface area contributed by atoms with Gasteiger partial charge in [-0.1, -0.05) is 29.5 Å². The van der Waals surface area contributed by atoms with Crippen molar-refractivity contribution in [3.63, 3.8) is 0 Å². The second kappa shape index (κ2) is 4.79. The fraction of sp³-hybridized carbons (Fsp3) is 0. The highest BCUT2D eigenvalue weighted by Gasteiger charge is 2.13. The first-order chi connectivity index (χ1) is 8.74. The molecule has 18 heavy (non-hydrogen) atoms. The Morgan fingerprint density at radius 1 is 1.33 bits per heavy atom. The van der Waals surface area contributed by atoms with Crippen LogP contribution in [0.15, 0.2) is 39.6 Å². The number of carbonyl (C=O) groups excluding carboxylic acids is 1. The first-order valence-corrected chi connectivity index (χ1v) is 7.62. The van der Waals surface area contributed by atoms with E-state index in [2.05, 4.69) is 26.2 Å². The van der Waals surface area contributed by atoms with Gasteiger partial charge in [0.1, 0.15) is 0 Å². The van der Waals surface area contributed by atoms with Gasteiger partial charge in [0.05, 0.1) is 15.5 Å². The van der Waals surface area contributed by atoms with E-state index < -0.39 is 0 Å². The standard InChI is InChI=1S/C12H7BrN2OS2/c13-10-5-14-12(18-10)15-11(16)8-6-17-9-4-2-1-3-7(8)9/h1-6H,(H,14,15,16). The van der Waals surface area contributed by atoms with Crippen molar-refractivity contribution < 1.29 is 4.79 Å². The number of nitrogens with zero attached hydrogens (tertiary/aromatic N) is 1. The number of amides is 1. The third-order valence-corrected chi connectivity index (χ3v) is 4.78. The summed E-state index contributed by atoms with van der Waals surface area (Å²) < 4.78 is 2.01. The number of hydrogen-bond donors (Lipinski definition) is 1. The predicted octanol–water partition coefficient (Wildman–Crippen LogP) is 4.37. The summed E-state index contributed by atoms with van der Waals surface area (Å²) in [5, 5.41) is 6.26. The maximum atomic E-state index is 12.1. The maximum Gasteiger partial charge on any atom is 0.258 e. The molecule has 3 aromatic rings. The number of halogens is 1. The maximum absolute atomic E-state index is 12.1. The third kappa shape index (κ3) is 2.19. The Morgan fingerprint density at radius 2 is 2.17 bits per heavy atom. The van der Waals surface area contributed by atoms with Crippen LogP contribution in [0.5, 0.6) is 0 Å². The Morgan fingerprint density at radius 3 is 2.94 bits per heavy atom. The molecule has 1 N–H and O–H groups in total. The summed E-state index contributed by atoms with van der Waals surface area (Å²) >= 11 is 6.28. The van der Waals surface area contributed by atoms with Crippen LogP contribution in [0.4, 0.5) is 5.13 Å². The number of nitrogens with one attached hydrogen (secondary N) is 1. The van der Waals surface area contributed by atoms with Crippen molar-refractivity contribution in [2.24, 2.45) is 0 Å². The molecule has 3 rings (SSSR count). The van der Waals surface area contributed by atoms with Crippen LogP contribution in [0.3, 0.4) is 0 Å². The highest BCUT2D eigenvalue weighted by atomic mass is 79.9. The minimum absolute atomic E-state index is 0.116. The number of thiazole rings is 1. The molecule has 0 bridgehead atoms. The minimum atomic E-state index is -0.116. The molecule has 0 atom stereocenters. The lowest BCUT2D eigenvalue weighted by atomic mass is 10.2. The molecule has 90 valence electrons. The van der Waals surface area contributed by atoms with Crippen LogP contribution in [0.25, 0.3) is 10.1 Å². The number of aromatic nitrogens is 1. The largest absolute Gasteiger partial charge is 0.298 e. The van der Waals surface area contributed by atoms with Crippen LogP contribution in [0, 0.1) is 0 Å². The lowest BCUT2D eigenvalue weighted by molar-refractivity contribution is 0.102. The summed E-state index contributed by atoms with van der Waals surface area (Å²) in [6.45, 7) is 0. The molecule has 0 saturated heterocycles. The predicted molar refractivity (Wildman–Crippen MR) is 79.6 cm³/mol. The Hall–Kier alpha value is -1.24. The van der Waals surface area contributed by atoms with E-state index in [1.165, 1.54) is 11.3 Å². The van der Waals surface area contributed by atoms with Crippen molar-refractivity contribution >= 4 is 59.7 Å². The summed E-state index contributed by atoms with van der Waals surface area (Å²) in [6, 6.07) is 7.87. The minimum Gasteiger partial charge on any atom is -0.298 e. The van der Waals surface area contributed by atoms with E-state index in [9.17, 15) is 4.79 Å². The fourth-order valence-electron chi connectivity index (χ4n) is 1.63. The van der Waals surface area contributed by atoms with Crippen LogP contribution < -0.4 is 5.32 Å². The zero-order valence-electron chi connectivity index (χ0n) is 9.01. The number of carbonyl (C=O) groups is 1. The summed E-state index contributed by atoms with van der Waals surface area (Å²) in [7, 11) is 0. The molecule has 0 radical (unpaired) electrons. The number of anilines is 1. The van der Waals surface area contributed by atoms with E-state index in [0.29, 0.717) is 10.7 Å². The van der Waals surface area contributed by atoms with Gasteiger partial charge in [-0.15, -0.1) is 11.3 Å². The molecule has 0 aliphatic rings. The Labute approximate surface area is 120 Å². The molecule has 2 heterocycles. The first-order valence-electron chi connectivity index (χ1n) is 5.13. The third-order valence-electron chi connectivity index (χ3n) is 2.42. The topological polar surface area (TPSA) is 42.0 Å². The van der Waals surface area contributed by atoms with Crippen LogP contribution in [0.2, 0.25) is 0 Å². The van der Waals surface area contributed by atoms with Gasteiger partial charge in [-0.05, 0) is 22.0 Å². The van der Waals surface area contributed by atoms with Crippen molar-refractivity contribution in [3.05, 3.63) is 45.2 Å². The van der Waals surface area contributed by atoms with Crippen LogP contribution in [-0.2, 0) is 0 Å². The van der Waals surface area contributed by atoms with Gasteiger partial charge in [-0.2, -0.15) is 0 Å². The number of hydrogen-bond acceptors (Lipinski definition) is 4. The highest BCUT2D eigenvalue weighted by Crippen LogP contribution is 2.28. The lowest BCUT2D eigenvalue weighted by Gasteiger charge is -1.99. The van der Waals surface area contributed by atoms with E-state index in [1.54, 1.807) is 17.5 Å². The van der Waals surface area contributed by atoms with Crippen molar-refractivity contribution in [1.82, 2.24) is 4.98 Å². The molecular formula is C12H7BrN2OS2. The summed E-state index contributed by atoms with van der Waals surface area (Å²) in [6.07, 6.45) is 1.67. The Bertz CT molecular complexity index is 720. The first kappa shape index (κ1) is 11.8. The molecule has 0 aliphatic carbocycles. The molecule has 1 aromatic carbocycles. The Kier molecular flexibility index (Phi) is 3.15. The Balaban J connectivity index is 1.92. The number of benzene rings is 1. The van der Waals surface area contributed by atoms with Crippen LogP contribution in [-0.4, -0.2) is 10.9 Å². The quantitative estimate of drug-likeness (QED) is 0.753. The van der Waals surface area contributed by atoms with E-state index >= 15 is 0 Å². The van der Waals surface area contributed by atoms with E-state index in [0.717, 1.165) is 13.9 Å². The zero-order valence-corrected chi connectivity index (χ0v) is 12.2. The van der Waals surface area contributed by atoms with Gasteiger partial charge in [-0.3, -0.25) is 10.1 Å². The average Bonchev–Trinajstić information content (AvgIpc) is 2.95. The molecule has 6 heteroatoms. The molecule has 0 spiro atoms. The van der Waals surface area contributed by atoms with Crippen molar-refractivity contribution in [2.45, 2.75) is 0 Å². The second-order valence-corrected chi connectivity index (χ2v) is 6.89. The van der Waals surface area contributed by atoms with Gasteiger partial charge < -0.3 is 0 Å². The number of thiophene rings is 1. The van der Waals surface area contributed by atoms with Gasteiger partial charge in [0.15, 0.2) is 5.13 Å². The molecule has 1 amide bonds. The van der Waals surface area contributed by atoms with E-state index in [-0.39, 0.29) is 5.91 Å². The monoisotopic (exact) mass is 338 g/mol. The summed E-state index contributed by atoms with van der Waals surface area (Å²) in [5.41, 5.74) is 0.696. The molecule has 0 fully saturated rings. The zero-order chi connectivity index (χ0) is 12.5. The SMILES string of the molecule is O=C(Nc1ncc(Br)s1)c1csc2ccccc12. The second-order valence-electron chi connectivity index (χ2n) is 3.57. The van der Waals surface area contributed by atoms with Crippen molar-refractivity contribution in [3.8, 4) is 0 Å². The summed E-state index contributed by atoms with van der Waals surface area (Å²) in [5.74, 6) is -0.116. The normalized spacial score (nSPS) is 10.7. The molecule has 3 nitrogen and oxygen atoms in total. The molecule has 0 unspecified atom stereocenters. The lowest BCUT2D eigenvalue weighted by Crippen LogP contribution is -2.10. The van der Waals surface area contributed by atoms with E-state index in [4.69, 9.17) is 0 Å². The number of fused-ring (bicyclic) bond motifs is 1. The van der Waals surface area contributed by atoms with Gasteiger partial charge >= 0.3 is 0 Å².